The molecule has 1 aliphatic rings. The molecule has 0 spiro atoms. The van der Waals surface area contributed by atoms with Gasteiger partial charge in [0.25, 0.3) is 5.91 Å². The number of hydrogen-bond acceptors (Lipinski definition) is 5. The molecule has 0 bridgehead atoms. The lowest BCUT2D eigenvalue weighted by atomic mass is 9.96. The SMILES string of the molecule is COc1cc(N)c(Cl)cc1C(=O)NCC1CCN(CCCCOc2ccccc2)CC1. The van der Waals surface area contributed by atoms with E-state index in [0.29, 0.717) is 34.5 Å². The minimum Gasteiger partial charge on any atom is -0.496 e. The number of amides is 1. The highest BCUT2D eigenvalue weighted by Crippen LogP contribution is 2.29. The molecule has 6 nitrogen and oxygen atoms in total. The van der Waals surface area contributed by atoms with Crippen molar-refractivity contribution >= 4 is 23.2 Å². The molecule has 0 unspecified atom stereocenters. The highest BCUT2D eigenvalue weighted by Gasteiger charge is 2.21. The summed E-state index contributed by atoms with van der Waals surface area (Å²) in [4.78, 5) is 15.1. The molecule has 0 aromatic heterocycles. The fraction of sp³-hybridized carbons (Fsp3) is 0.458. The fourth-order valence-electron chi connectivity index (χ4n) is 3.81. The number of unbranched alkanes of at least 4 members (excludes halogenated alkanes) is 1. The van der Waals surface area contributed by atoms with Gasteiger partial charge in [-0.05, 0) is 69.4 Å². The molecule has 1 heterocycles. The van der Waals surface area contributed by atoms with Crippen molar-refractivity contribution in [3.8, 4) is 11.5 Å². The van der Waals surface area contributed by atoms with Gasteiger partial charge < -0.3 is 25.4 Å². The molecular formula is C24H32ClN3O3. The van der Waals surface area contributed by atoms with Crippen molar-refractivity contribution in [1.82, 2.24) is 10.2 Å². The van der Waals surface area contributed by atoms with E-state index >= 15 is 0 Å². The third kappa shape index (κ3) is 7.04. The van der Waals surface area contributed by atoms with Crippen molar-refractivity contribution in [3.05, 3.63) is 53.1 Å². The van der Waals surface area contributed by atoms with Crippen molar-refractivity contribution < 1.29 is 14.3 Å². The van der Waals surface area contributed by atoms with E-state index in [4.69, 9.17) is 26.8 Å². The summed E-state index contributed by atoms with van der Waals surface area (Å²) in [5.74, 6) is 1.67. The Bertz CT molecular complexity index is 839. The van der Waals surface area contributed by atoms with Crippen LogP contribution in [0.4, 0.5) is 5.69 Å². The number of ether oxygens (including phenoxy) is 2. The van der Waals surface area contributed by atoms with Crippen LogP contribution in [0.3, 0.4) is 0 Å². The van der Waals surface area contributed by atoms with Gasteiger partial charge in [-0.15, -0.1) is 0 Å². The largest absolute Gasteiger partial charge is 0.496 e. The highest BCUT2D eigenvalue weighted by molar-refractivity contribution is 6.33. The molecule has 0 atom stereocenters. The number of likely N-dealkylation sites (tertiary alicyclic amines) is 1. The number of para-hydroxylation sites is 1. The lowest BCUT2D eigenvalue weighted by Gasteiger charge is -2.32. The number of piperidine rings is 1. The van der Waals surface area contributed by atoms with Crippen LogP contribution in [-0.4, -0.2) is 50.7 Å². The zero-order valence-corrected chi connectivity index (χ0v) is 18.9. The summed E-state index contributed by atoms with van der Waals surface area (Å²) in [6, 6.07) is 13.1. The first kappa shape index (κ1) is 23.2. The summed E-state index contributed by atoms with van der Waals surface area (Å²) in [6.07, 6.45) is 4.35. The maximum atomic E-state index is 12.6. The Morgan fingerprint density at radius 1 is 1.19 bits per heavy atom. The molecule has 31 heavy (non-hydrogen) atoms. The van der Waals surface area contributed by atoms with Crippen LogP contribution >= 0.6 is 11.6 Å². The third-order valence-electron chi connectivity index (χ3n) is 5.70. The van der Waals surface area contributed by atoms with Crippen LogP contribution in [0.5, 0.6) is 11.5 Å². The molecule has 1 saturated heterocycles. The van der Waals surface area contributed by atoms with E-state index in [1.165, 1.54) is 7.11 Å². The number of rotatable bonds is 10. The number of methoxy groups -OCH3 is 1. The van der Waals surface area contributed by atoms with E-state index in [1.54, 1.807) is 12.1 Å². The predicted molar refractivity (Wildman–Crippen MR) is 125 cm³/mol. The van der Waals surface area contributed by atoms with Crippen molar-refractivity contribution in [1.29, 1.82) is 0 Å². The summed E-state index contributed by atoms with van der Waals surface area (Å²) >= 11 is 6.07. The van der Waals surface area contributed by atoms with E-state index in [0.717, 1.165) is 57.7 Å². The Morgan fingerprint density at radius 3 is 2.65 bits per heavy atom. The quantitative estimate of drug-likeness (QED) is 0.422. The van der Waals surface area contributed by atoms with E-state index < -0.39 is 0 Å². The van der Waals surface area contributed by atoms with Crippen molar-refractivity contribution in [3.63, 3.8) is 0 Å². The number of hydrogen-bond donors (Lipinski definition) is 2. The first-order valence-corrected chi connectivity index (χ1v) is 11.3. The van der Waals surface area contributed by atoms with Crippen LogP contribution in [0, 0.1) is 5.92 Å². The Hall–Kier alpha value is -2.44. The lowest BCUT2D eigenvalue weighted by molar-refractivity contribution is 0.0933. The van der Waals surface area contributed by atoms with Crippen LogP contribution in [-0.2, 0) is 0 Å². The minimum absolute atomic E-state index is 0.181. The molecule has 3 N–H and O–H groups in total. The summed E-state index contributed by atoms with van der Waals surface area (Å²) in [7, 11) is 1.52. The van der Waals surface area contributed by atoms with Crippen LogP contribution in [0.1, 0.15) is 36.0 Å². The number of nitrogen functional groups attached to an aromatic ring is 1. The fourth-order valence-corrected chi connectivity index (χ4v) is 3.97. The molecule has 1 aliphatic heterocycles. The van der Waals surface area contributed by atoms with Crippen LogP contribution in [0.25, 0.3) is 0 Å². The van der Waals surface area contributed by atoms with Gasteiger partial charge in [0.15, 0.2) is 0 Å². The summed E-state index contributed by atoms with van der Waals surface area (Å²) in [6.45, 7) is 4.64. The van der Waals surface area contributed by atoms with Gasteiger partial charge in [-0.25, -0.2) is 0 Å². The van der Waals surface area contributed by atoms with Gasteiger partial charge in [-0.3, -0.25) is 4.79 Å². The Kier molecular flexibility index (Phi) is 8.85. The second-order valence-electron chi connectivity index (χ2n) is 7.94. The zero-order chi connectivity index (χ0) is 22.1. The van der Waals surface area contributed by atoms with Crippen molar-refractivity contribution in [2.24, 2.45) is 5.92 Å². The first-order chi connectivity index (χ1) is 15.1. The number of anilines is 1. The zero-order valence-electron chi connectivity index (χ0n) is 18.1. The molecule has 1 fully saturated rings. The number of nitrogens with zero attached hydrogens (tertiary/aromatic N) is 1. The van der Waals surface area contributed by atoms with Crippen LogP contribution < -0.4 is 20.5 Å². The normalized spacial score (nSPS) is 14.9. The van der Waals surface area contributed by atoms with E-state index in [-0.39, 0.29) is 5.91 Å². The predicted octanol–water partition coefficient (Wildman–Crippen LogP) is 4.23. The number of nitrogens with one attached hydrogen (secondary N) is 1. The smallest absolute Gasteiger partial charge is 0.255 e. The van der Waals surface area contributed by atoms with E-state index in [2.05, 4.69) is 10.2 Å². The summed E-state index contributed by atoms with van der Waals surface area (Å²) < 4.78 is 11.0. The lowest BCUT2D eigenvalue weighted by Crippen LogP contribution is -2.39. The van der Waals surface area contributed by atoms with E-state index in [9.17, 15) is 4.79 Å². The van der Waals surface area contributed by atoms with Crippen molar-refractivity contribution in [2.45, 2.75) is 25.7 Å². The number of nitrogens with two attached hydrogens (primary N) is 1. The molecule has 1 amide bonds. The molecule has 3 rings (SSSR count). The minimum atomic E-state index is -0.181. The molecule has 0 aliphatic carbocycles. The van der Waals surface area contributed by atoms with Crippen LogP contribution in [0.2, 0.25) is 5.02 Å². The molecule has 168 valence electrons. The number of halogens is 1. The van der Waals surface area contributed by atoms with Gasteiger partial charge >= 0.3 is 0 Å². The molecule has 7 heteroatoms. The maximum Gasteiger partial charge on any atom is 0.255 e. The summed E-state index contributed by atoms with van der Waals surface area (Å²) in [5, 5.41) is 3.38. The third-order valence-corrected chi connectivity index (χ3v) is 6.03. The average molecular weight is 446 g/mol. The van der Waals surface area contributed by atoms with Crippen LogP contribution in [0.15, 0.2) is 42.5 Å². The molecular weight excluding hydrogens is 414 g/mol. The second-order valence-corrected chi connectivity index (χ2v) is 8.34. The number of benzene rings is 2. The maximum absolute atomic E-state index is 12.6. The monoisotopic (exact) mass is 445 g/mol. The summed E-state index contributed by atoms with van der Waals surface area (Å²) in [5.41, 5.74) is 6.60. The Labute approximate surface area is 189 Å². The molecule has 2 aromatic carbocycles. The average Bonchev–Trinajstić information content (AvgIpc) is 2.80. The standard InChI is InChI=1S/C24H32ClN3O3/c1-30-23-16-22(26)21(25)15-20(23)24(29)27-17-18-9-12-28(13-10-18)11-5-6-14-31-19-7-3-2-4-8-19/h2-4,7-8,15-16,18H,5-6,9-14,17,26H2,1H3,(H,27,29). The van der Waals surface area contributed by atoms with Crippen molar-refractivity contribution in [2.75, 3.05) is 45.6 Å². The van der Waals surface area contributed by atoms with Gasteiger partial charge in [0, 0.05) is 12.6 Å². The Morgan fingerprint density at radius 2 is 1.94 bits per heavy atom. The molecule has 0 saturated carbocycles. The molecule has 0 radical (unpaired) electrons. The number of carbonyl (C=O) groups excluding carboxylic acids is 1. The topological polar surface area (TPSA) is 76.8 Å². The first-order valence-electron chi connectivity index (χ1n) is 10.9. The Balaban J connectivity index is 1.32. The number of carbonyl (C=O) groups is 1. The van der Waals surface area contributed by atoms with E-state index in [1.807, 2.05) is 30.3 Å². The molecule has 2 aromatic rings. The highest BCUT2D eigenvalue weighted by atomic mass is 35.5. The van der Waals surface area contributed by atoms with Gasteiger partial charge in [0.2, 0.25) is 0 Å². The second kappa shape index (κ2) is 11.8. The van der Waals surface area contributed by atoms with Gasteiger partial charge in [0.05, 0.1) is 30.0 Å². The van der Waals surface area contributed by atoms with Gasteiger partial charge in [-0.1, -0.05) is 29.8 Å². The van der Waals surface area contributed by atoms with Gasteiger partial charge in [-0.2, -0.15) is 0 Å². The van der Waals surface area contributed by atoms with Gasteiger partial charge in [0.1, 0.15) is 11.5 Å².